The van der Waals surface area contributed by atoms with Crippen molar-refractivity contribution in [2.24, 2.45) is 0 Å². The Balaban J connectivity index is 1.95. The minimum atomic E-state index is 0.0115. The number of rotatable bonds is 4. The molecule has 23 heavy (non-hydrogen) atoms. The van der Waals surface area contributed by atoms with Gasteiger partial charge in [0.15, 0.2) is 0 Å². The first-order valence-corrected chi connectivity index (χ1v) is 8.05. The van der Waals surface area contributed by atoms with E-state index in [2.05, 4.69) is 4.98 Å². The summed E-state index contributed by atoms with van der Waals surface area (Å²) in [4.78, 5) is 18.1. The van der Waals surface area contributed by atoms with Gasteiger partial charge in [0.05, 0.1) is 5.56 Å². The molecule has 0 aliphatic heterocycles. The normalized spacial score (nSPS) is 11.1. The molecule has 3 aromatic rings. The van der Waals surface area contributed by atoms with Crippen molar-refractivity contribution in [1.82, 2.24) is 9.88 Å². The number of carbonyl (C=O) groups excluding carboxylic acids is 1. The van der Waals surface area contributed by atoms with Gasteiger partial charge in [-0.3, -0.25) is 4.79 Å². The van der Waals surface area contributed by atoms with Gasteiger partial charge < -0.3 is 9.88 Å². The Labute approximate surface area is 140 Å². The number of nitrogens with zero attached hydrogens (tertiary/aromatic N) is 1. The molecule has 0 saturated carbocycles. The highest BCUT2D eigenvalue weighted by atomic mass is 35.5. The minimum Gasteiger partial charge on any atom is -0.360 e. The molecular weight excluding hydrogens is 308 g/mol. The van der Waals surface area contributed by atoms with E-state index < -0.39 is 0 Å². The lowest BCUT2D eigenvalue weighted by Gasteiger charge is -2.26. The highest BCUT2D eigenvalue weighted by Crippen LogP contribution is 2.24. The zero-order valence-corrected chi connectivity index (χ0v) is 14.0. The van der Waals surface area contributed by atoms with Crippen molar-refractivity contribution in [3.05, 3.63) is 70.9 Å². The van der Waals surface area contributed by atoms with Crippen molar-refractivity contribution >= 4 is 28.4 Å². The van der Waals surface area contributed by atoms with Crippen molar-refractivity contribution in [3.63, 3.8) is 0 Å². The van der Waals surface area contributed by atoms with Crippen LogP contribution in [0.2, 0.25) is 5.02 Å². The van der Waals surface area contributed by atoms with Gasteiger partial charge in [-0.05, 0) is 37.6 Å². The third-order valence-corrected chi connectivity index (χ3v) is 4.19. The molecule has 1 heterocycles. The SMILES string of the molecule is CC(C)N(Cc1ccccc1)C(=O)c1c[nH]c2ccc(Cl)cc12. The van der Waals surface area contributed by atoms with Crippen LogP contribution < -0.4 is 0 Å². The maximum absolute atomic E-state index is 13.0. The summed E-state index contributed by atoms with van der Waals surface area (Å²) in [5, 5.41) is 1.49. The van der Waals surface area contributed by atoms with E-state index >= 15 is 0 Å². The van der Waals surface area contributed by atoms with Crippen LogP contribution in [0.25, 0.3) is 10.9 Å². The van der Waals surface area contributed by atoms with E-state index in [1.807, 2.05) is 67.3 Å². The number of nitrogens with one attached hydrogen (secondary N) is 1. The maximum atomic E-state index is 13.0. The van der Waals surface area contributed by atoms with Gasteiger partial charge in [-0.25, -0.2) is 0 Å². The molecule has 4 heteroatoms. The molecule has 1 amide bonds. The number of fused-ring (bicyclic) bond motifs is 1. The lowest BCUT2D eigenvalue weighted by atomic mass is 10.1. The van der Waals surface area contributed by atoms with Crippen LogP contribution >= 0.6 is 11.6 Å². The number of amides is 1. The molecule has 0 aliphatic rings. The molecule has 0 atom stereocenters. The molecule has 0 aliphatic carbocycles. The van der Waals surface area contributed by atoms with E-state index in [-0.39, 0.29) is 11.9 Å². The van der Waals surface area contributed by atoms with Crippen LogP contribution in [0, 0.1) is 0 Å². The first-order valence-electron chi connectivity index (χ1n) is 7.68. The average molecular weight is 327 g/mol. The number of halogens is 1. The van der Waals surface area contributed by atoms with Gasteiger partial charge in [0.1, 0.15) is 0 Å². The molecule has 0 spiro atoms. The summed E-state index contributed by atoms with van der Waals surface area (Å²) in [6, 6.07) is 15.7. The van der Waals surface area contributed by atoms with Crippen LogP contribution in [0.15, 0.2) is 54.7 Å². The van der Waals surface area contributed by atoms with E-state index in [4.69, 9.17) is 11.6 Å². The van der Waals surface area contributed by atoms with Crippen LogP contribution in [0.4, 0.5) is 0 Å². The number of aromatic nitrogens is 1. The van der Waals surface area contributed by atoms with Crippen LogP contribution in [-0.4, -0.2) is 21.8 Å². The van der Waals surface area contributed by atoms with Gasteiger partial charge in [-0.15, -0.1) is 0 Å². The van der Waals surface area contributed by atoms with E-state index in [1.165, 1.54) is 0 Å². The van der Waals surface area contributed by atoms with Crippen molar-refractivity contribution < 1.29 is 4.79 Å². The Morgan fingerprint density at radius 1 is 1.17 bits per heavy atom. The number of carbonyl (C=O) groups is 1. The maximum Gasteiger partial charge on any atom is 0.256 e. The summed E-state index contributed by atoms with van der Waals surface area (Å²) >= 11 is 6.09. The summed E-state index contributed by atoms with van der Waals surface area (Å²) in [7, 11) is 0. The van der Waals surface area contributed by atoms with Crippen molar-refractivity contribution in [1.29, 1.82) is 0 Å². The average Bonchev–Trinajstić information content (AvgIpc) is 2.95. The third-order valence-electron chi connectivity index (χ3n) is 3.95. The van der Waals surface area contributed by atoms with Crippen molar-refractivity contribution in [2.45, 2.75) is 26.4 Å². The summed E-state index contributed by atoms with van der Waals surface area (Å²) in [5.74, 6) is 0.0115. The molecule has 0 radical (unpaired) electrons. The number of hydrogen-bond donors (Lipinski definition) is 1. The predicted octanol–water partition coefficient (Wildman–Crippen LogP) is 4.87. The van der Waals surface area contributed by atoms with Crippen molar-refractivity contribution in [3.8, 4) is 0 Å². The quantitative estimate of drug-likeness (QED) is 0.729. The highest BCUT2D eigenvalue weighted by Gasteiger charge is 2.22. The molecule has 3 nitrogen and oxygen atoms in total. The monoisotopic (exact) mass is 326 g/mol. The second-order valence-corrected chi connectivity index (χ2v) is 6.34. The summed E-state index contributed by atoms with van der Waals surface area (Å²) in [6.45, 7) is 4.65. The van der Waals surface area contributed by atoms with Gasteiger partial charge in [0, 0.05) is 34.7 Å². The fourth-order valence-electron chi connectivity index (χ4n) is 2.69. The number of H-pyrrole nitrogens is 1. The molecular formula is C19H19ClN2O. The van der Waals surface area contributed by atoms with Crippen LogP contribution in [-0.2, 0) is 6.54 Å². The Bertz CT molecular complexity index is 824. The molecule has 0 unspecified atom stereocenters. The van der Waals surface area contributed by atoms with Crippen LogP contribution in [0.3, 0.4) is 0 Å². The Morgan fingerprint density at radius 2 is 1.91 bits per heavy atom. The first kappa shape index (κ1) is 15.6. The lowest BCUT2D eigenvalue weighted by molar-refractivity contribution is 0.0692. The molecule has 3 rings (SSSR count). The van der Waals surface area contributed by atoms with E-state index in [0.717, 1.165) is 16.5 Å². The number of hydrogen-bond acceptors (Lipinski definition) is 1. The van der Waals surface area contributed by atoms with E-state index in [9.17, 15) is 4.79 Å². The summed E-state index contributed by atoms with van der Waals surface area (Å²) < 4.78 is 0. The van der Waals surface area contributed by atoms with Crippen LogP contribution in [0.5, 0.6) is 0 Å². The first-order chi connectivity index (χ1) is 11.1. The van der Waals surface area contributed by atoms with E-state index in [0.29, 0.717) is 17.1 Å². The van der Waals surface area contributed by atoms with Gasteiger partial charge in [0.25, 0.3) is 5.91 Å². The highest BCUT2D eigenvalue weighted by molar-refractivity contribution is 6.31. The van der Waals surface area contributed by atoms with E-state index in [1.54, 1.807) is 6.20 Å². The standard InChI is InChI=1S/C19H19ClN2O/c1-13(2)22(12-14-6-4-3-5-7-14)19(23)17-11-21-18-9-8-15(20)10-16(17)18/h3-11,13,21H,12H2,1-2H3. The second-order valence-electron chi connectivity index (χ2n) is 5.90. The molecule has 118 valence electrons. The third kappa shape index (κ3) is 3.25. The molecule has 1 N–H and O–H groups in total. The second kappa shape index (κ2) is 6.47. The zero-order chi connectivity index (χ0) is 16.4. The van der Waals surface area contributed by atoms with Gasteiger partial charge in [-0.1, -0.05) is 41.9 Å². The summed E-state index contributed by atoms with van der Waals surface area (Å²) in [6.07, 6.45) is 1.77. The Kier molecular flexibility index (Phi) is 4.39. The number of aromatic amines is 1. The topological polar surface area (TPSA) is 36.1 Å². The van der Waals surface area contributed by atoms with Gasteiger partial charge in [-0.2, -0.15) is 0 Å². The molecule has 1 aromatic heterocycles. The van der Waals surface area contributed by atoms with Gasteiger partial charge >= 0.3 is 0 Å². The predicted molar refractivity (Wildman–Crippen MR) is 94.8 cm³/mol. The Hall–Kier alpha value is -2.26. The summed E-state index contributed by atoms with van der Waals surface area (Å²) in [5.41, 5.74) is 2.70. The number of benzene rings is 2. The molecule has 0 bridgehead atoms. The Morgan fingerprint density at radius 3 is 2.61 bits per heavy atom. The lowest BCUT2D eigenvalue weighted by Crippen LogP contribution is -2.36. The zero-order valence-electron chi connectivity index (χ0n) is 13.2. The smallest absolute Gasteiger partial charge is 0.256 e. The van der Waals surface area contributed by atoms with Crippen LogP contribution in [0.1, 0.15) is 29.8 Å². The fourth-order valence-corrected chi connectivity index (χ4v) is 2.87. The minimum absolute atomic E-state index is 0.0115. The van der Waals surface area contributed by atoms with Gasteiger partial charge in [0.2, 0.25) is 0 Å². The molecule has 0 saturated heterocycles. The fraction of sp³-hybridized carbons (Fsp3) is 0.211. The molecule has 0 fully saturated rings. The van der Waals surface area contributed by atoms with Crippen molar-refractivity contribution in [2.75, 3.05) is 0 Å². The largest absolute Gasteiger partial charge is 0.360 e. The molecule has 2 aromatic carbocycles.